The minimum atomic E-state index is -0.516. The number of ether oxygens (including phenoxy) is 1. The summed E-state index contributed by atoms with van der Waals surface area (Å²) in [6.45, 7) is 5.65. The van der Waals surface area contributed by atoms with E-state index >= 15 is 0 Å². The Hall–Kier alpha value is 0.952. The fourth-order valence-corrected chi connectivity index (χ4v) is 3.69. The van der Waals surface area contributed by atoms with Gasteiger partial charge in [-0.25, -0.2) is 0 Å². The largest absolute Gasteiger partial charge is 0.671 e. The zero-order valence-corrected chi connectivity index (χ0v) is 18.7. The molecule has 1 saturated heterocycles. The molecule has 2 N–H and O–H groups in total. The molecular formula is C15H29AcN2O3-. The Morgan fingerprint density at radius 2 is 2.00 bits per heavy atom. The van der Waals surface area contributed by atoms with Gasteiger partial charge in [0.15, 0.2) is 0 Å². The van der Waals surface area contributed by atoms with E-state index in [4.69, 9.17) is 10.5 Å². The van der Waals surface area contributed by atoms with Crippen LogP contribution in [0, 0.1) is 50.0 Å². The van der Waals surface area contributed by atoms with E-state index < -0.39 is 11.6 Å². The number of aliphatic hydroxyl groups is 1. The molecule has 21 heavy (non-hydrogen) atoms. The Morgan fingerprint density at radius 3 is 2.33 bits per heavy atom. The van der Waals surface area contributed by atoms with E-state index in [2.05, 4.69) is 0 Å². The first-order valence-electron chi connectivity index (χ1n) is 7.48. The van der Waals surface area contributed by atoms with E-state index in [9.17, 15) is 9.90 Å². The number of hydrogen-bond acceptors (Lipinski definition) is 4. The second-order valence-electron chi connectivity index (χ2n) is 5.91. The number of carbonyl (C=O) groups excluding carboxylic acids is 1. The Kier molecular flexibility index (Phi) is 9.72. The number of methoxy groups -OCH3 is 1. The van der Waals surface area contributed by atoms with Crippen molar-refractivity contribution in [3.05, 3.63) is 5.73 Å². The summed E-state index contributed by atoms with van der Waals surface area (Å²) in [4.78, 5) is 13.7. The number of aliphatic hydroxyl groups excluding tert-OH is 1. The summed E-state index contributed by atoms with van der Waals surface area (Å²) < 4.78 is 5.67. The molecule has 1 aliphatic heterocycles. The number of rotatable bonds is 7. The molecule has 0 aromatic heterocycles. The van der Waals surface area contributed by atoms with Gasteiger partial charge in [0.1, 0.15) is 5.78 Å². The van der Waals surface area contributed by atoms with Crippen LogP contribution in [0.1, 0.15) is 40.0 Å². The summed E-state index contributed by atoms with van der Waals surface area (Å²) >= 11 is 0. The second kappa shape index (κ2) is 9.30. The molecule has 1 unspecified atom stereocenters. The van der Waals surface area contributed by atoms with Crippen LogP contribution in [0.2, 0.25) is 0 Å². The molecule has 5 nitrogen and oxygen atoms in total. The monoisotopic (exact) mass is 512 g/mol. The molecule has 0 aromatic rings. The Balaban J connectivity index is 0.00000400. The number of nitrogens with zero attached hydrogens (tertiary/aromatic N) is 1. The molecule has 1 heterocycles. The van der Waals surface area contributed by atoms with Gasteiger partial charge in [-0.2, -0.15) is 0 Å². The molecule has 0 aromatic carbocycles. The van der Waals surface area contributed by atoms with E-state index in [0.29, 0.717) is 6.42 Å². The average molecular weight is 512 g/mol. The van der Waals surface area contributed by atoms with Gasteiger partial charge in [-0.3, -0.25) is 9.69 Å². The van der Waals surface area contributed by atoms with Crippen molar-refractivity contribution < 1.29 is 58.7 Å². The third-order valence-corrected chi connectivity index (χ3v) is 5.19. The van der Waals surface area contributed by atoms with Gasteiger partial charge in [-0.1, -0.05) is 19.9 Å². The predicted octanol–water partition coefficient (Wildman–Crippen LogP) is 1.88. The van der Waals surface area contributed by atoms with Crippen molar-refractivity contribution in [3.63, 3.8) is 0 Å². The van der Waals surface area contributed by atoms with Crippen LogP contribution in [0.5, 0.6) is 0 Å². The number of likely N-dealkylation sites (tertiary alicyclic amines) is 1. The molecule has 1 fully saturated rings. The molecule has 1 rings (SSSR count). The van der Waals surface area contributed by atoms with Gasteiger partial charge in [0.05, 0.1) is 11.6 Å². The SMILES string of the molecule is CCC(CC)(OC)C([NH-])[C@H]1[C@H](CO)C[C@H](C(C)=O)N1C.[Ac]. The molecular weight excluding hydrogens is 483 g/mol. The third kappa shape index (κ3) is 4.28. The summed E-state index contributed by atoms with van der Waals surface area (Å²) in [7, 11) is 3.54. The van der Waals surface area contributed by atoms with Crippen molar-refractivity contribution in [2.75, 3.05) is 20.8 Å². The number of Topliss-reactive ketones (excluding diaryl/α,β-unsaturated/α-hetero) is 1. The maximum absolute atomic E-state index is 11.7. The minimum Gasteiger partial charge on any atom is -0.671 e. The van der Waals surface area contributed by atoms with E-state index in [-0.39, 0.29) is 74.5 Å². The molecule has 0 amide bonds. The van der Waals surface area contributed by atoms with Crippen molar-refractivity contribution in [3.8, 4) is 0 Å². The molecule has 4 atom stereocenters. The summed E-state index contributed by atoms with van der Waals surface area (Å²) in [5.41, 5.74) is 8.16. The molecule has 0 bridgehead atoms. The molecule has 1 aliphatic rings. The van der Waals surface area contributed by atoms with Crippen molar-refractivity contribution in [2.24, 2.45) is 5.92 Å². The molecule has 121 valence electrons. The van der Waals surface area contributed by atoms with Crippen LogP contribution in [0.4, 0.5) is 0 Å². The zero-order valence-electron chi connectivity index (χ0n) is 13.9. The molecule has 0 spiro atoms. The molecule has 0 saturated carbocycles. The van der Waals surface area contributed by atoms with Gasteiger partial charge >= 0.3 is 0 Å². The number of ketones is 1. The van der Waals surface area contributed by atoms with Crippen molar-refractivity contribution in [1.82, 2.24) is 4.90 Å². The maximum Gasteiger partial charge on any atom is 0.146 e. The predicted molar refractivity (Wildman–Crippen MR) is 79.6 cm³/mol. The fraction of sp³-hybridized carbons (Fsp3) is 0.933. The van der Waals surface area contributed by atoms with Crippen LogP contribution in [0.25, 0.3) is 5.73 Å². The van der Waals surface area contributed by atoms with Crippen LogP contribution in [-0.2, 0) is 9.53 Å². The summed E-state index contributed by atoms with van der Waals surface area (Å²) in [5, 5.41) is 9.62. The van der Waals surface area contributed by atoms with Crippen molar-refractivity contribution >= 4 is 5.78 Å². The Labute approximate surface area is 164 Å². The number of hydrogen-bond donors (Lipinski definition) is 1. The normalized spacial score (nSPS) is 28.2. The number of carbonyl (C=O) groups is 1. The Morgan fingerprint density at radius 1 is 1.48 bits per heavy atom. The summed E-state index contributed by atoms with van der Waals surface area (Å²) in [6, 6.07) is -0.809. The standard InChI is InChI=1S/C15H29N2O3.Ac/c1-6-15(7-2,20-5)14(16)13-11(9-18)8-12(10(3)19)17(13)4;/h11-14,16,18H,6-9H2,1-5H3;/q-1;/t11-,12+,13+,14?;/m0./s1. The van der Waals surface area contributed by atoms with Gasteiger partial charge in [0.25, 0.3) is 0 Å². The van der Waals surface area contributed by atoms with Crippen LogP contribution in [0.15, 0.2) is 0 Å². The van der Waals surface area contributed by atoms with Crippen molar-refractivity contribution in [1.29, 1.82) is 0 Å². The van der Waals surface area contributed by atoms with Crippen molar-refractivity contribution in [2.45, 2.75) is 63.8 Å². The van der Waals surface area contributed by atoms with Gasteiger partial charge in [-0.05, 0) is 39.2 Å². The minimum absolute atomic E-state index is 0. The second-order valence-corrected chi connectivity index (χ2v) is 5.91. The van der Waals surface area contributed by atoms with Crippen LogP contribution in [-0.4, -0.2) is 60.3 Å². The van der Waals surface area contributed by atoms with Crippen LogP contribution in [0.3, 0.4) is 0 Å². The van der Waals surface area contributed by atoms with Gasteiger partial charge in [-0.15, -0.1) is 0 Å². The van der Waals surface area contributed by atoms with E-state index in [1.807, 2.05) is 25.8 Å². The van der Waals surface area contributed by atoms with Crippen LogP contribution >= 0.6 is 0 Å². The topological polar surface area (TPSA) is 73.6 Å². The number of likely N-dealkylation sites (N-methyl/N-ethyl adjacent to an activating group) is 1. The first kappa shape index (κ1) is 22.0. The van der Waals surface area contributed by atoms with Gasteiger partial charge in [0, 0.05) is 63.8 Å². The fourth-order valence-electron chi connectivity index (χ4n) is 3.69. The first-order valence-corrected chi connectivity index (χ1v) is 7.48. The van der Waals surface area contributed by atoms with Gasteiger partial charge in [0.2, 0.25) is 0 Å². The quantitative estimate of drug-likeness (QED) is 0.566. The first-order chi connectivity index (χ1) is 9.38. The zero-order chi connectivity index (χ0) is 15.5. The maximum atomic E-state index is 11.7. The smallest absolute Gasteiger partial charge is 0.146 e. The molecule has 0 aliphatic carbocycles. The van der Waals surface area contributed by atoms with Gasteiger partial charge < -0.3 is 15.6 Å². The van der Waals surface area contributed by atoms with E-state index in [1.54, 1.807) is 14.0 Å². The summed E-state index contributed by atoms with van der Waals surface area (Å²) in [6.07, 6.45) is 2.14. The third-order valence-electron chi connectivity index (χ3n) is 5.19. The Bertz CT molecular complexity index is 329. The van der Waals surface area contributed by atoms with E-state index in [1.165, 1.54) is 0 Å². The van der Waals surface area contributed by atoms with E-state index in [0.717, 1.165) is 12.8 Å². The molecule has 1 radical (unpaired) electrons. The number of nitrogens with one attached hydrogen (secondary N) is 1. The summed E-state index contributed by atoms with van der Waals surface area (Å²) in [5.74, 6) is 0.0701. The van der Waals surface area contributed by atoms with Crippen LogP contribution < -0.4 is 0 Å². The molecule has 6 heteroatoms. The average Bonchev–Trinajstić information content (AvgIpc) is 2.78.